The van der Waals surface area contributed by atoms with Crippen LogP contribution in [0.5, 0.6) is 40.2 Å². The molecule has 2 aliphatic heterocycles. The predicted molar refractivity (Wildman–Crippen MR) is 232 cm³/mol. The van der Waals surface area contributed by atoms with Gasteiger partial charge in [-0.05, 0) is 66.3 Å². The van der Waals surface area contributed by atoms with E-state index in [2.05, 4.69) is 44.4 Å². The fourth-order valence-corrected chi connectivity index (χ4v) is 9.30. The van der Waals surface area contributed by atoms with Crippen LogP contribution in [0.1, 0.15) is 98.1 Å². The van der Waals surface area contributed by atoms with Crippen molar-refractivity contribution >= 4 is 5.97 Å². The summed E-state index contributed by atoms with van der Waals surface area (Å²) in [5.74, 6) is 5.02. The Kier molecular flexibility index (Phi) is 21.9. The average Bonchev–Trinajstić information content (AvgIpc) is 3.25. The standard InChI is InChI=1S/C48H72N2O9.2HI/c1-49(25-21-37-32-45(56-7)48(58-9)47(57-8)39(37)34-49)26-23-46(51)59-28-18-16-14-12-10-11-13-15-17-24-50(2)27-22-36-31-43(54-5)44(55-6)33-38(36)40(50)29-35-19-20-41(52-3)42(30-35)53-4;;/h19-20,30-33,40H,10-18,21-29,34H2,1-9H3;2*1H/q+2;;/p-2/t40-,49?,50?;;/m1../s1. The second-order valence-electron chi connectivity index (χ2n) is 16.9. The highest BCUT2D eigenvalue weighted by molar-refractivity contribution is 5.69. The summed E-state index contributed by atoms with van der Waals surface area (Å²) in [6.45, 7) is 5.18. The molecule has 2 heterocycles. The Morgan fingerprint density at radius 1 is 0.590 bits per heavy atom. The van der Waals surface area contributed by atoms with Crippen molar-refractivity contribution in [3.05, 3.63) is 64.2 Å². The van der Waals surface area contributed by atoms with Gasteiger partial charge in [0.05, 0.1) is 109 Å². The lowest BCUT2D eigenvalue weighted by Crippen LogP contribution is -3.00. The van der Waals surface area contributed by atoms with Gasteiger partial charge in [-0.25, -0.2) is 0 Å². The Bertz CT molecular complexity index is 1850. The number of esters is 1. The summed E-state index contributed by atoms with van der Waals surface area (Å²) in [5.41, 5.74) is 6.29. The van der Waals surface area contributed by atoms with Crippen molar-refractivity contribution in [2.75, 3.05) is 96.6 Å². The molecule has 0 saturated carbocycles. The van der Waals surface area contributed by atoms with Crippen LogP contribution in [0.4, 0.5) is 0 Å². The molecule has 5 rings (SSSR count). The van der Waals surface area contributed by atoms with Gasteiger partial charge in [-0.1, -0.05) is 44.6 Å². The zero-order valence-electron chi connectivity index (χ0n) is 38.3. The molecule has 2 aliphatic rings. The first kappa shape index (κ1) is 52.5. The third-order valence-electron chi connectivity index (χ3n) is 12.9. The molecule has 61 heavy (non-hydrogen) atoms. The number of hydrogen-bond acceptors (Lipinski definition) is 9. The van der Waals surface area contributed by atoms with Crippen LogP contribution in [-0.2, 0) is 35.3 Å². The summed E-state index contributed by atoms with van der Waals surface area (Å²) < 4.78 is 47.0. The third kappa shape index (κ3) is 13.6. The highest BCUT2D eigenvalue weighted by atomic mass is 127. The first-order chi connectivity index (χ1) is 28.5. The lowest BCUT2D eigenvalue weighted by atomic mass is 9.86. The van der Waals surface area contributed by atoms with Crippen LogP contribution < -0.4 is 81.1 Å². The second kappa shape index (κ2) is 25.4. The van der Waals surface area contributed by atoms with Gasteiger partial charge in [0.15, 0.2) is 34.5 Å². The van der Waals surface area contributed by atoms with Gasteiger partial charge in [-0.3, -0.25) is 4.79 Å². The van der Waals surface area contributed by atoms with Crippen LogP contribution >= 0.6 is 0 Å². The minimum Gasteiger partial charge on any atom is -1.00 e. The summed E-state index contributed by atoms with van der Waals surface area (Å²) in [6.07, 6.45) is 13.9. The number of halogens is 2. The van der Waals surface area contributed by atoms with Gasteiger partial charge in [0.1, 0.15) is 12.6 Å². The molecule has 0 aliphatic carbocycles. The van der Waals surface area contributed by atoms with E-state index >= 15 is 0 Å². The van der Waals surface area contributed by atoms with E-state index in [0.29, 0.717) is 24.5 Å². The maximum absolute atomic E-state index is 12.7. The summed E-state index contributed by atoms with van der Waals surface area (Å²) >= 11 is 0. The Morgan fingerprint density at radius 3 is 1.77 bits per heavy atom. The van der Waals surface area contributed by atoms with E-state index < -0.39 is 0 Å². The normalized spacial score (nSPS) is 18.9. The van der Waals surface area contributed by atoms with E-state index in [-0.39, 0.29) is 60.0 Å². The molecule has 0 amide bonds. The van der Waals surface area contributed by atoms with Crippen LogP contribution in [0.2, 0.25) is 0 Å². The Balaban J connectivity index is 0.00000496. The van der Waals surface area contributed by atoms with Crippen molar-refractivity contribution in [2.24, 2.45) is 0 Å². The molecule has 0 fully saturated rings. The number of methoxy groups -OCH3 is 7. The fraction of sp³-hybridized carbons (Fsp3) is 0.604. The number of rotatable bonds is 24. The molecule has 0 radical (unpaired) electrons. The number of fused-ring (bicyclic) bond motifs is 2. The molecule has 11 nitrogen and oxygen atoms in total. The van der Waals surface area contributed by atoms with E-state index in [9.17, 15) is 4.79 Å². The van der Waals surface area contributed by atoms with Crippen molar-refractivity contribution in [2.45, 2.75) is 96.1 Å². The van der Waals surface area contributed by atoms with Crippen molar-refractivity contribution in [1.29, 1.82) is 0 Å². The van der Waals surface area contributed by atoms with Crippen LogP contribution in [0.15, 0.2) is 36.4 Å². The number of carbonyl (C=O) groups is 1. The minimum absolute atomic E-state index is 0. The van der Waals surface area contributed by atoms with E-state index in [0.717, 1.165) is 108 Å². The van der Waals surface area contributed by atoms with Crippen LogP contribution in [0, 0.1) is 0 Å². The van der Waals surface area contributed by atoms with Crippen LogP contribution in [-0.4, -0.2) is 112 Å². The molecule has 13 heteroatoms. The number of likely N-dealkylation sites (N-methyl/N-ethyl adjacent to an activating group) is 2. The van der Waals surface area contributed by atoms with Gasteiger partial charge in [0.2, 0.25) is 5.75 Å². The largest absolute Gasteiger partial charge is 1.00 e. The number of nitrogens with zero attached hydrogens (tertiary/aromatic N) is 2. The average molecular weight is 1070 g/mol. The highest BCUT2D eigenvalue weighted by Crippen LogP contribution is 2.46. The van der Waals surface area contributed by atoms with Gasteiger partial charge in [-0.15, -0.1) is 0 Å². The minimum atomic E-state index is -0.105. The topological polar surface area (TPSA) is 90.9 Å². The van der Waals surface area contributed by atoms with Gasteiger partial charge >= 0.3 is 5.97 Å². The van der Waals surface area contributed by atoms with E-state index in [1.807, 2.05) is 6.07 Å². The molecule has 0 aromatic heterocycles. The molecule has 3 aromatic rings. The fourth-order valence-electron chi connectivity index (χ4n) is 9.30. The molecule has 0 spiro atoms. The summed E-state index contributed by atoms with van der Waals surface area (Å²) in [5, 5.41) is 0. The van der Waals surface area contributed by atoms with Crippen molar-refractivity contribution in [3.63, 3.8) is 0 Å². The number of ether oxygens (including phenoxy) is 8. The van der Waals surface area contributed by atoms with Crippen molar-refractivity contribution < 1.29 is 99.6 Å². The summed E-state index contributed by atoms with van der Waals surface area (Å²) in [6, 6.07) is 13.0. The first-order valence-electron chi connectivity index (χ1n) is 21.7. The molecule has 3 atom stereocenters. The van der Waals surface area contributed by atoms with Crippen LogP contribution in [0.25, 0.3) is 0 Å². The lowest BCUT2D eigenvalue weighted by Gasteiger charge is -2.46. The maximum atomic E-state index is 12.7. The monoisotopic (exact) mass is 1070 g/mol. The maximum Gasteiger partial charge on any atom is 0.311 e. The second-order valence-corrected chi connectivity index (χ2v) is 16.9. The Morgan fingerprint density at radius 2 is 1.15 bits per heavy atom. The number of hydrogen-bond donors (Lipinski definition) is 0. The zero-order valence-corrected chi connectivity index (χ0v) is 42.6. The zero-order chi connectivity index (χ0) is 42.4. The van der Waals surface area contributed by atoms with E-state index in [1.54, 1.807) is 49.8 Å². The summed E-state index contributed by atoms with van der Waals surface area (Å²) in [4.78, 5) is 12.7. The number of benzene rings is 3. The summed E-state index contributed by atoms with van der Waals surface area (Å²) in [7, 11) is 16.4. The van der Waals surface area contributed by atoms with Crippen molar-refractivity contribution in [1.82, 2.24) is 0 Å². The quantitative estimate of drug-likeness (QED) is 0.0583. The Hall–Kier alpha value is -2.89. The molecule has 2 unspecified atom stereocenters. The molecule has 342 valence electrons. The predicted octanol–water partition coefficient (Wildman–Crippen LogP) is 2.69. The molecule has 3 aromatic carbocycles. The molecular weight excluding hydrogens is 1000 g/mol. The molecule has 0 N–H and O–H groups in total. The smallest absolute Gasteiger partial charge is 0.311 e. The molecular formula is C48H72I2N2O9. The van der Waals surface area contributed by atoms with Gasteiger partial charge in [0.25, 0.3) is 0 Å². The number of carbonyl (C=O) groups excluding carboxylic acids is 1. The SMILES string of the molecule is COc1ccc(C[C@@H]2c3cc(OC)c(OC)cc3CC[N+]2(C)CCCCCCCCCCCOC(=O)CC[N+]2(C)CCc3cc(OC)c(OC)c(OC)c3C2)cc1OC.[I-].[I-]. The molecule has 0 bridgehead atoms. The Labute approximate surface area is 400 Å². The van der Waals surface area contributed by atoms with Crippen molar-refractivity contribution in [3.8, 4) is 40.2 Å². The number of quaternary nitrogens is 2. The van der Waals surface area contributed by atoms with E-state index in [1.165, 1.54) is 67.2 Å². The van der Waals surface area contributed by atoms with Gasteiger partial charge < -0.3 is 94.8 Å². The van der Waals surface area contributed by atoms with Gasteiger partial charge in [-0.2, -0.15) is 0 Å². The van der Waals surface area contributed by atoms with Crippen LogP contribution in [0.3, 0.4) is 0 Å². The highest BCUT2D eigenvalue weighted by Gasteiger charge is 2.40. The first-order valence-corrected chi connectivity index (χ1v) is 21.7. The lowest BCUT2D eigenvalue weighted by molar-refractivity contribution is -0.941. The van der Waals surface area contributed by atoms with E-state index in [4.69, 9.17) is 37.9 Å². The van der Waals surface area contributed by atoms with Gasteiger partial charge in [0, 0.05) is 24.8 Å². The molecule has 0 saturated heterocycles. The third-order valence-corrected chi connectivity index (χ3v) is 12.9. The number of unbranched alkanes of at least 4 members (excludes halogenated alkanes) is 8.